The lowest BCUT2D eigenvalue weighted by atomic mass is 10.3. The maximum absolute atomic E-state index is 5.50. The number of nitrogens with two attached hydrogens (primary N) is 1. The Balaban J connectivity index is 2.83. The molecule has 0 aromatic carbocycles. The number of hydrogen-bond acceptors (Lipinski definition) is 4. The smallest absolute Gasteiger partial charge is 0.206 e. The molecule has 0 aliphatic rings. The minimum Gasteiger partial charge on any atom is -0.336 e. The first-order valence-electron chi connectivity index (χ1n) is 3.14. The van der Waals surface area contributed by atoms with Gasteiger partial charge in [0.05, 0.1) is 0 Å². The fourth-order valence-electron chi connectivity index (χ4n) is 0.708. The average Bonchev–Trinajstić information content (AvgIpc) is 2.20. The van der Waals surface area contributed by atoms with Crippen LogP contribution in [0.5, 0.6) is 0 Å². The van der Waals surface area contributed by atoms with E-state index in [1.165, 1.54) is 4.68 Å². The Kier molecular flexibility index (Phi) is 2.16. The van der Waals surface area contributed by atoms with Gasteiger partial charge in [-0.1, -0.05) is 6.92 Å². The summed E-state index contributed by atoms with van der Waals surface area (Å²) in [5.41, 5.74) is 0. The van der Waals surface area contributed by atoms with Gasteiger partial charge in [-0.25, -0.2) is 4.68 Å². The third kappa shape index (κ3) is 1.23. The molecule has 0 atom stereocenters. The lowest BCUT2D eigenvalue weighted by Crippen LogP contribution is -2.12. The molecule has 5 heteroatoms. The molecule has 56 valence electrons. The van der Waals surface area contributed by atoms with Gasteiger partial charge in [0, 0.05) is 6.42 Å². The molecule has 0 saturated heterocycles. The Labute approximate surface area is 64.8 Å². The van der Waals surface area contributed by atoms with Crippen molar-refractivity contribution in [2.45, 2.75) is 24.9 Å². The minimum absolute atomic E-state index is 0.462. The molecule has 1 aromatic heterocycles. The number of nitrogen functional groups attached to an aromatic ring is 1. The van der Waals surface area contributed by atoms with Gasteiger partial charge in [-0.2, -0.15) is 0 Å². The maximum atomic E-state index is 5.50. The highest BCUT2D eigenvalue weighted by atomic mass is 32.1. The highest BCUT2D eigenvalue weighted by molar-refractivity contribution is 7.80. The van der Waals surface area contributed by atoms with Crippen LogP contribution in [0.15, 0.2) is 5.16 Å². The van der Waals surface area contributed by atoms with Gasteiger partial charge in [0.1, 0.15) is 0 Å². The van der Waals surface area contributed by atoms with Crippen molar-refractivity contribution in [3.63, 3.8) is 0 Å². The fourth-order valence-corrected chi connectivity index (χ4v) is 0.868. The Morgan fingerprint density at radius 1 is 1.60 bits per heavy atom. The molecule has 0 unspecified atom stereocenters. The summed E-state index contributed by atoms with van der Waals surface area (Å²) in [5.74, 6) is 6.29. The molecule has 0 saturated carbocycles. The summed E-state index contributed by atoms with van der Waals surface area (Å²) >= 11 is 3.98. The standard InChI is InChI=1S/C5H10N4S/c1-2-3-4-7-8-5(10)9(4)6/h2-3,6H2,1H3,(H,8,10). The summed E-state index contributed by atoms with van der Waals surface area (Å²) in [6, 6.07) is 0. The van der Waals surface area contributed by atoms with Gasteiger partial charge in [0.25, 0.3) is 0 Å². The predicted octanol–water partition coefficient (Wildman–Crippen LogP) is 0.233. The SMILES string of the molecule is CCCc1nnc(S)n1N. The molecule has 0 aliphatic heterocycles. The van der Waals surface area contributed by atoms with Crippen LogP contribution in [0.4, 0.5) is 0 Å². The Morgan fingerprint density at radius 2 is 2.30 bits per heavy atom. The van der Waals surface area contributed by atoms with Crippen LogP contribution in [-0.4, -0.2) is 14.9 Å². The van der Waals surface area contributed by atoms with Crippen molar-refractivity contribution in [1.29, 1.82) is 0 Å². The van der Waals surface area contributed by atoms with Gasteiger partial charge in [-0.3, -0.25) is 0 Å². The number of aromatic nitrogens is 3. The van der Waals surface area contributed by atoms with Crippen molar-refractivity contribution < 1.29 is 0 Å². The zero-order valence-electron chi connectivity index (χ0n) is 5.78. The van der Waals surface area contributed by atoms with E-state index < -0.39 is 0 Å². The molecule has 0 amide bonds. The predicted molar refractivity (Wildman–Crippen MR) is 41.4 cm³/mol. The van der Waals surface area contributed by atoms with E-state index in [-0.39, 0.29) is 0 Å². The fraction of sp³-hybridized carbons (Fsp3) is 0.600. The Morgan fingerprint density at radius 3 is 2.70 bits per heavy atom. The first kappa shape index (κ1) is 7.40. The number of aryl methyl sites for hydroxylation is 1. The van der Waals surface area contributed by atoms with E-state index in [1.807, 2.05) is 0 Å². The summed E-state index contributed by atoms with van der Waals surface area (Å²) in [4.78, 5) is 0. The molecule has 0 bridgehead atoms. The van der Waals surface area contributed by atoms with Crippen molar-refractivity contribution in [2.24, 2.45) is 0 Å². The van der Waals surface area contributed by atoms with E-state index in [4.69, 9.17) is 5.84 Å². The zero-order chi connectivity index (χ0) is 7.56. The molecule has 2 N–H and O–H groups in total. The van der Waals surface area contributed by atoms with Crippen LogP contribution in [0.3, 0.4) is 0 Å². The van der Waals surface area contributed by atoms with E-state index in [0.29, 0.717) is 5.16 Å². The van der Waals surface area contributed by atoms with Gasteiger partial charge in [-0.15, -0.1) is 22.8 Å². The van der Waals surface area contributed by atoms with Crippen molar-refractivity contribution in [3.05, 3.63) is 5.82 Å². The molecule has 4 nitrogen and oxygen atoms in total. The van der Waals surface area contributed by atoms with Crippen LogP contribution < -0.4 is 5.84 Å². The highest BCUT2D eigenvalue weighted by Gasteiger charge is 2.03. The zero-order valence-corrected chi connectivity index (χ0v) is 6.67. The second kappa shape index (κ2) is 2.92. The van der Waals surface area contributed by atoms with Crippen molar-refractivity contribution in [2.75, 3.05) is 5.84 Å². The van der Waals surface area contributed by atoms with Gasteiger partial charge < -0.3 is 5.84 Å². The number of hydrogen-bond donors (Lipinski definition) is 2. The molecule has 0 radical (unpaired) electrons. The van der Waals surface area contributed by atoms with E-state index in [2.05, 4.69) is 29.7 Å². The summed E-state index contributed by atoms with van der Waals surface area (Å²) in [6.07, 6.45) is 1.87. The number of rotatable bonds is 2. The lowest BCUT2D eigenvalue weighted by Gasteiger charge is -1.96. The normalized spacial score (nSPS) is 10.2. The summed E-state index contributed by atoms with van der Waals surface area (Å²) < 4.78 is 1.40. The van der Waals surface area contributed by atoms with Crippen molar-refractivity contribution >= 4 is 12.6 Å². The van der Waals surface area contributed by atoms with Gasteiger partial charge in [0.15, 0.2) is 5.82 Å². The van der Waals surface area contributed by atoms with Crippen molar-refractivity contribution in [1.82, 2.24) is 14.9 Å². The number of thiol groups is 1. The van der Waals surface area contributed by atoms with Crippen LogP contribution in [0.2, 0.25) is 0 Å². The van der Waals surface area contributed by atoms with Gasteiger partial charge in [0.2, 0.25) is 5.16 Å². The largest absolute Gasteiger partial charge is 0.336 e. The summed E-state index contributed by atoms with van der Waals surface area (Å²) in [5, 5.41) is 7.97. The quantitative estimate of drug-likeness (QED) is 0.478. The highest BCUT2D eigenvalue weighted by Crippen LogP contribution is 2.02. The molecule has 1 aromatic rings. The first-order valence-corrected chi connectivity index (χ1v) is 3.58. The van der Waals surface area contributed by atoms with Gasteiger partial charge in [-0.05, 0) is 6.42 Å². The molecule has 0 fully saturated rings. The van der Waals surface area contributed by atoms with E-state index >= 15 is 0 Å². The molecule has 10 heavy (non-hydrogen) atoms. The molecule has 0 aliphatic carbocycles. The molecular weight excluding hydrogens is 148 g/mol. The van der Waals surface area contributed by atoms with Crippen LogP contribution >= 0.6 is 12.6 Å². The maximum Gasteiger partial charge on any atom is 0.206 e. The first-order chi connectivity index (χ1) is 4.75. The molecule has 1 rings (SSSR count). The molecular formula is C5H10N4S. The number of nitrogens with zero attached hydrogens (tertiary/aromatic N) is 3. The second-order valence-corrected chi connectivity index (χ2v) is 2.44. The van der Waals surface area contributed by atoms with E-state index in [9.17, 15) is 0 Å². The third-order valence-electron chi connectivity index (χ3n) is 1.22. The monoisotopic (exact) mass is 158 g/mol. The molecule has 1 heterocycles. The topological polar surface area (TPSA) is 56.7 Å². The van der Waals surface area contributed by atoms with E-state index in [1.54, 1.807) is 0 Å². The average molecular weight is 158 g/mol. The van der Waals surface area contributed by atoms with Crippen LogP contribution in [0.25, 0.3) is 0 Å². The Bertz CT molecular complexity index is 219. The van der Waals surface area contributed by atoms with Crippen molar-refractivity contribution in [3.8, 4) is 0 Å². The Hall–Kier alpha value is -0.710. The molecule has 0 spiro atoms. The van der Waals surface area contributed by atoms with Crippen LogP contribution in [0, 0.1) is 0 Å². The van der Waals surface area contributed by atoms with Crippen LogP contribution in [-0.2, 0) is 6.42 Å². The summed E-state index contributed by atoms with van der Waals surface area (Å²) in [6.45, 7) is 2.06. The second-order valence-electron chi connectivity index (χ2n) is 2.04. The third-order valence-corrected chi connectivity index (χ3v) is 1.53. The van der Waals surface area contributed by atoms with Crippen LogP contribution in [0.1, 0.15) is 19.2 Å². The van der Waals surface area contributed by atoms with Gasteiger partial charge >= 0.3 is 0 Å². The lowest BCUT2D eigenvalue weighted by molar-refractivity contribution is 0.758. The minimum atomic E-state index is 0.462. The van der Waals surface area contributed by atoms with E-state index in [0.717, 1.165) is 18.7 Å². The summed E-state index contributed by atoms with van der Waals surface area (Å²) in [7, 11) is 0.